The molecule has 0 unspecified atom stereocenters. The molecule has 0 saturated heterocycles. The van der Waals surface area contributed by atoms with Crippen LogP contribution >= 0.6 is 0 Å². The lowest BCUT2D eigenvalue weighted by Crippen LogP contribution is -2.19. The first kappa shape index (κ1) is 10.8. The fourth-order valence-electron chi connectivity index (χ4n) is 2.07. The van der Waals surface area contributed by atoms with Gasteiger partial charge in [-0.1, -0.05) is 12.1 Å². The molecule has 0 aliphatic carbocycles. The topological polar surface area (TPSA) is 64.3 Å². The molecule has 2 N–H and O–H groups in total. The van der Waals surface area contributed by atoms with E-state index >= 15 is 0 Å². The average molecular weight is 242 g/mol. The van der Waals surface area contributed by atoms with Crippen molar-refractivity contribution < 1.29 is 4.74 Å². The lowest BCUT2D eigenvalue weighted by atomic mass is 10.2. The predicted molar refractivity (Wildman–Crippen MR) is 70.0 cm³/mol. The van der Waals surface area contributed by atoms with Crippen LogP contribution in [0.25, 0.3) is 0 Å². The first-order valence-electron chi connectivity index (χ1n) is 5.91. The van der Waals surface area contributed by atoms with Crippen molar-refractivity contribution >= 4 is 17.3 Å². The molecule has 5 heteroatoms. The van der Waals surface area contributed by atoms with E-state index in [1.807, 2.05) is 24.3 Å². The Hall–Kier alpha value is -2.30. The lowest BCUT2D eigenvalue weighted by Gasteiger charge is -2.22. The fourth-order valence-corrected chi connectivity index (χ4v) is 2.07. The molecule has 1 aliphatic heterocycles. The predicted octanol–water partition coefficient (Wildman–Crippen LogP) is 1.98. The van der Waals surface area contributed by atoms with Crippen LogP contribution < -0.4 is 15.4 Å². The van der Waals surface area contributed by atoms with Gasteiger partial charge in [-0.25, -0.2) is 4.98 Å². The van der Waals surface area contributed by atoms with Gasteiger partial charge in [-0.3, -0.25) is 4.98 Å². The molecule has 5 nitrogen and oxygen atoms in total. The van der Waals surface area contributed by atoms with Gasteiger partial charge in [0, 0.05) is 6.54 Å². The van der Waals surface area contributed by atoms with Gasteiger partial charge >= 0.3 is 0 Å². The molecule has 0 spiro atoms. The van der Waals surface area contributed by atoms with E-state index < -0.39 is 0 Å². The van der Waals surface area contributed by atoms with E-state index in [0.29, 0.717) is 12.4 Å². The Kier molecular flexibility index (Phi) is 2.72. The number of fused-ring (bicyclic) bond motifs is 1. The second kappa shape index (κ2) is 4.52. The van der Waals surface area contributed by atoms with E-state index in [0.717, 1.165) is 30.2 Å². The van der Waals surface area contributed by atoms with Crippen LogP contribution in [0.2, 0.25) is 0 Å². The zero-order valence-electron chi connectivity index (χ0n) is 9.91. The van der Waals surface area contributed by atoms with Gasteiger partial charge in [-0.05, 0) is 18.6 Å². The van der Waals surface area contributed by atoms with Crippen LogP contribution in [0.1, 0.15) is 6.42 Å². The monoisotopic (exact) mass is 242 g/mol. The molecule has 1 aromatic heterocycles. The molecular weight excluding hydrogens is 228 g/mol. The maximum absolute atomic E-state index is 5.71. The second-order valence-corrected chi connectivity index (χ2v) is 4.12. The molecule has 2 heterocycles. The minimum Gasteiger partial charge on any atom is -0.491 e. The molecular formula is C13H14N4O. The summed E-state index contributed by atoms with van der Waals surface area (Å²) in [6, 6.07) is 7.94. The van der Waals surface area contributed by atoms with Gasteiger partial charge < -0.3 is 15.4 Å². The molecule has 0 radical (unpaired) electrons. The Morgan fingerprint density at radius 2 is 2.11 bits per heavy atom. The quantitative estimate of drug-likeness (QED) is 0.828. The van der Waals surface area contributed by atoms with E-state index in [2.05, 4.69) is 14.9 Å². The third-order valence-electron chi connectivity index (χ3n) is 2.86. The molecule has 3 rings (SSSR count). The molecule has 18 heavy (non-hydrogen) atoms. The number of nitrogens with zero attached hydrogens (tertiary/aromatic N) is 3. The van der Waals surface area contributed by atoms with E-state index in [4.69, 9.17) is 10.5 Å². The Bertz CT molecular complexity index is 558. The van der Waals surface area contributed by atoms with Crippen LogP contribution in [-0.2, 0) is 0 Å². The molecule has 0 amide bonds. The van der Waals surface area contributed by atoms with Crippen molar-refractivity contribution in [2.75, 3.05) is 23.8 Å². The van der Waals surface area contributed by atoms with Crippen LogP contribution in [0.15, 0.2) is 36.7 Å². The van der Waals surface area contributed by atoms with Crippen LogP contribution in [0.4, 0.5) is 17.3 Å². The summed E-state index contributed by atoms with van der Waals surface area (Å²) in [6.45, 7) is 1.55. The van der Waals surface area contributed by atoms with Crippen molar-refractivity contribution in [3.63, 3.8) is 0 Å². The van der Waals surface area contributed by atoms with Crippen molar-refractivity contribution in [2.24, 2.45) is 0 Å². The van der Waals surface area contributed by atoms with E-state index in [1.54, 1.807) is 12.4 Å². The lowest BCUT2D eigenvalue weighted by molar-refractivity contribution is 0.322. The largest absolute Gasteiger partial charge is 0.491 e. The number of rotatable bonds is 1. The minimum absolute atomic E-state index is 0.426. The number of ether oxygens (including phenoxy) is 1. The van der Waals surface area contributed by atoms with Gasteiger partial charge in [0.1, 0.15) is 11.6 Å². The fraction of sp³-hybridized carbons (Fsp3) is 0.231. The van der Waals surface area contributed by atoms with Crippen LogP contribution in [0, 0.1) is 0 Å². The normalized spacial score (nSPS) is 14.6. The molecule has 0 atom stereocenters. The third kappa shape index (κ3) is 1.95. The summed E-state index contributed by atoms with van der Waals surface area (Å²) >= 11 is 0. The summed E-state index contributed by atoms with van der Waals surface area (Å²) < 4.78 is 5.71. The molecule has 1 aliphatic rings. The number of nitrogen functional groups attached to an aromatic ring is 1. The number of benzene rings is 1. The van der Waals surface area contributed by atoms with Crippen molar-refractivity contribution in [2.45, 2.75) is 6.42 Å². The molecule has 92 valence electrons. The summed E-state index contributed by atoms with van der Waals surface area (Å²) in [5.41, 5.74) is 6.70. The van der Waals surface area contributed by atoms with Gasteiger partial charge in [0.25, 0.3) is 0 Å². The highest BCUT2D eigenvalue weighted by atomic mass is 16.5. The number of anilines is 3. The number of aromatic nitrogens is 2. The van der Waals surface area contributed by atoms with Gasteiger partial charge in [0.15, 0.2) is 5.82 Å². The summed E-state index contributed by atoms with van der Waals surface area (Å²) in [5, 5.41) is 0. The average Bonchev–Trinajstić information content (AvgIpc) is 2.61. The Labute approximate surface area is 105 Å². The van der Waals surface area contributed by atoms with Crippen molar-refractivity contribution in [3.05, 3.63) is 36.7 Å². The second-order valence-electron chi connectivity index (χ2n) is 4.12. The highest BCUT2D eigenvalue weighted by molar-refractivity contribution is 5.67. The summed E-state index contributed by atoms with van der Waals surface area (Å²) in [4.78, 5) is 10.5. The molecule has 0 fully saturated rings. The van der Waals surface area contributed by atoms with Crippen LogP contribution in [0.3, 0.4) is 0 Å². The Morgan fingerprint density at radius 3 is 3.00 bits per heavy atom. The third-order valence-corrected chi connectivity index (χ3v) is 2.86. The maximum atomic E-state index is 5.71. The Balaban J connectivity index is 2.06. The van der Waals surface area contributed by atoms with Gasteiger partial charge in [0.05, 0.1) is 24.7 Å². The maximum Gasteiger partial charge on any atom is 0.154 e. The summed E-state index contributed by atoms with van der Waals surface area (Å²) in [6.07, 6.45) is 4.20. The van der Waals surface area contributed by atoms with Crippen LogP contribution in [-0.4, -0.2) is 23.1 Å². The number of hydrogen-bond donors (Lipinski definition) is 1. The summed E-state index contributed by atoms with van der Waals surface area (Å²) in [7, 11) is 0. The van der Waals surface area contributed by atoms with Crippen molar-refractivity contribution in [3.8, 4) is 5.75 Å². The molecule has 0 saturated carbocycles. The zero-order valence-corrected chi connectivity index (χ0v) is 9.91. The van der Waals surface area contributed by atoms with Crippen molar-refractivity contribution in [1.29, 1.82) is 0 Å². The number of hydrogen-bond acceptors (Lipinski definition) is 5. The first-order valence-corrected chi connectivity index (χ1v) is 5.91. The molecule has 2 aromatic rings. The van der Waals surface area contributed by atoms with Crippen LogP contribution in [0.5, 0.6) is 5.75 Å². The molecule has 0 bridgehead atoms. The van der Waals surface area contributed by atoms with Gasteiger partial charge in [-0.2, -0.15) is 0 Å². The SMILES string of the molecule is Nc1cncc(N2CCCOc3ccccc32)n1. The smallest absolute Gasteiger partial charge is 0.154 e. The highest BCUT2D eigenvalue weighted by Gasteiger charge is 2.18. The molecule has 1 aromatic carbocycles. The van der Waals surface area contributed by atoms with Crippen molar-refractivity contribution in [1.82, 2.24) is 9.97 Å². The van der Waals surface area contributed by atoms with Gasteiger partial charge in [-0.15, -0.1) is 0 Å². The first-order chi connectivity index (χ1) is 8.84. The van der Waals surface area contributed by atoms with E-state index in [-0.39, 0.29) is 0 Å². The summed E-state index contributed by atoms with van der Waals surface area (Å²) in [5.74, 6) is 2.06. The standard InChI is InChI=1S/C13H14N4O/c14-12-8-15-9-13(16-12)17-6-3-7-18-11-5-2-1-4-10(11)17/h1-2,4-5,8-9H,3,6-7H2,(H2,14,16). The van der Waals surface area contributed by atoms with Gasteiger partial charge in [0.2, 0.25) is 0 Å². The minimum atomic E-state index is 0.426. The number of nitrogens with two attached hydrogens (primary N) is 1. The number of para-hydroxylation sites is 2. The Morgan fingerprint density at radius 1 is 1.22 bits per heavy atom. The zero-order chi connectivity index (χ0) is 12.4. The van der Waals surface area contributed by atoms with E-state index in [9.17, 15) is 0 Å². The van der Waals surface area contributed by atoms with E-state index in [1.165, 1.54) is 0 Å². The highest BCUT2D eigenvalue weighted by Crippen LogP contribution is 2.34.